The van der Waals surface area contributed by atoms with Gasteiger partial charge in [-0.25, -0.2) is 12.7 Å². The van der Waals surface area contributed by atoms with Gasteiger partial charge >= 0.3 is 5.97 Å². The number of piperidine rings is 1. The van der Waals surface area contributed by atoms with Crippen LogP contribution in [0.25, 0.3) is 0 Å². The molecule has 0 unspecified atom stereocenters. The Morgan fingerprint density at radius 3 is 2.28 bits per heavy atom. The van der Waals surface area contributed by atoms with Crippen molar-refractivity contribution in [3.8, 4) is 0 Å². The number of ketones is 1. The van der Waals surface area contributed by atoms with Crippen molar-refractivity contribution in [2.45, 2.75) is 72.1 Å². The fraction of sp³-hybridized carbons (Fsp3) is 0.909. The predicted octanol–water partition coefficient (Wildman–Crippen LogP) is 3.16. The Hall–Kier alpha value is -0.950. The Balaban J connectivity index is 1.48. The lowest BCUT2D eigenvalue weighted by molar-refractivity contribution is -0.159. The van der Waals surface area contributed by atoms with Crippen LogP contribution in [0.15, 0.2) is 0 Å². The first-order chi connectivity index (χ1) is 13.6. The molecule has 0 spiro atoms. The number of hydrogen-bond acceptors (Lipinski definition) is 5. The monoisotopic (exact) mass is 425 g/mol. The molecule has 164 valence electrons. The van der Waals surface area contributed by atoms with E-state index in [2.05, 4.69) is 13.8 Å². The molecule has 0 aromatic rings. The maximum atomic E-state index is 13.4. The van der Waals surface area contributed by atoms with Crippen LogP contribution in [0.3, 0.4) is 0 Å². The normalized spacial score (nSPS) is 33.8. The minimum absolute atomic E-state index is 0.0721. The zero-order chi connectivity index (χ0) is 21.1. The molecular weight excluding hydrogens is 390 g/mol. The Morgan fingerprint density at radius 1 is 1.14 bits per heavy atom. The van der Waals surface area contributed by atoms with Crippen LogP contribution in [-0.2, 0) is 24.3 Å². The molecule has 2 atom stereocenters. The van der Waals surface area contributed by atoms with Crippen LogP contribution in [0.1, 0.15) is 72.1 Å². The molecule has 1 saturated heterocycles. The summed E-state index contributed by atoms with van der Waals surface area (Å²) in [4.78, 5) is 25.5. The summed E-state index contributed by atoms with van der Waals surface area (Å²) in [5, 5.41) is 0. The molecule has 3 aliphatic carbocycles. The van der Waals surface area contributed by atoms with E-state index >= 15 is 0 Å². The summed E-state index contributed by atoms with van der Waals surface area (Å²) in [6, 6.07) is 0. The molecule has 0 radical (unpaired) electrons. The minimum Gasteiger partial charge on any atom is -0.466 e. The average molecular weight is 426 g/mol. The standard InChI is InChI=1S/C22H35NO5S/c1-4-28-19(25)21(14-16-5-6-16)9-11-23(12-10-21)29(26,27)15-22-8-7-17(13-18(22)24)20(22,2)3/h16-17H,4-15H2,1-3H3/t17-,22+/m0/s1. The molecule has 1 aliphatic heterocycles. The van der Waals surface area contributed by atoms with Gasteiger partial charge in [-0.1, -0.05) is 26.7 Å². The van der Waals surface area contributed by atoms with Crippen molar-refractivity contribution in [2.24, 2.45) is 28.1 Å². The summed E-state index contributed by atoms with van der Waals surface area (Å²) < 4.78 is 33.6. The van der Waals surface area contributed by atoms with Crippen LogP contribution in [0.4, 0.5) is 0 Å². The van der Waals surface area contributed by atoms with E-state index in [9.17, 15) is 18.0 Å². The van der Waals surface area contributed by atoms with Gasteiger partial charge in [0.2, 0.25) is 10.0 Å². The van der Waals surface area contributed by atoms with Crippen molar-refractivity contribution in [3.63, 3.8) is 0 Å². The van der Waals surface area contributed by atoms with Crippen molar-refractivity contribution in [3.05, 3.63) is 0 Å². The molecule has 1 heterocycles. The largest absolute Gasteiger partial charge is 0.466 e. The third-order valence-corrected chi connectivity index (χ3v) is 10.7. The molecule has 4 fully saturated rings. The molecule has 4 aliphatic rings. The van der Waals surface area contributed by atoms with Gasteiger partial charge < -0.3 is 4.74 Å². The van der Waals surface area contributed by atoms with E-state index in [4.69, 9.17) is 4.74 Å². The summed E-state index contributed by atoms with van der Waals surface area (Å²) in [7, 11) is -3.56. The maximum Gasteiger partial charge on any atom is 0.312 e. The first kappa shape index (κ1) is 21.3. The van der Waals surface area contributed by atoms with Gasteiger partial charge in [-0.3, -0.25) is 9.59 Å². The molecule has 29 heavy (non-hydrogen) atoms. The van der Waals surface area contributed by atoms with Crippen molar-refractivity contribution < 1.29 is 22.7 Å². The summed E-state index contributed by atoms with van der Waals surface area (Å²) in [6.07, 6.45) is 6.33. The maximum absolute atomic E-state index is 13.4. The summed E-state index contributed by atoms with van der Waals surface area (Å²) in [5.41, 5.74) is -1.53. The number of carbonyl (C=O) groups is 2. The van der Waals surface area contributed by atoms with Gasteiger partial charge in [-0.2, -0.15) is 0 Å². The van der Waals surface area contributed by atoms with Crippen LogP contribution in [0.5, 0.6) is 0 Å². The van der Waals surface area contributed by atoms with Crippen LogP contribution in [0.2, 0.25) is 0 Å². The highest BCUT2D eigenvalue weighted by molar-refractivity contribution is 7.89. The summed E-state index contributed by atoms with van der Waals surface area (Å²) >= 11 is 0. The second kappa shape index (κ2) is 7.04. The highest BCUT2D eigenvalue weighted by atomic mass is 32.2. The zero-order valence-corrected chi connectivity index (χ0v) is 18.9. The minimum atomic E-state index is -3.56. The van der Waals surface area contributed by atoms with Gasteiger partial charge in [-0.05, 0) is 56.3 Å². The molecule has 3 saturated carbocycles. The molecular formula is C22H35NO5S. The highest BCUT2D eigenvalue weighted by Gasteiger charge is 2.65. The van der Waals surface area contributed by atoms with Gasteiger partial charge in [0.15, 0.2) is 0 Å². The highest BCUT2D eigenvalue weighted by Crippen LogP contribution is 2.64. The number of hydrogen-bond donors (Lipinski definition) is 0. The van der Waals surface area contributed by atoms with Crippen LogP contribution in [0, 0.1) is 28.1 Å². The second-order valence-corrected chi connectivity index (χ2v) is 12.4. The number of rotatable bonds is 7. The smallest absolute Gasteiger partial charge is 0.312 e. The molecule has 0 amide bonds. The third-order valence-electron chi connectivity index (χ3n) is 8.73. The van der Waals surface area contributed by atoms with Gasteiger partial charge in [0.25, 0.3) is 0 Å². The number of Topliss-reactive ketones (excluding diaryl/α,β-unsaturated/α-hetero) is 1. The molecule has 4 rings (SSSR count). The zero-order valence-electron chi connectivity index (χ0n) is 18.0. The molecule has 0 N–H and O–H groups in total. The van der Waals surface area contributed by atoms with Gasteiger partial charge in [0, 0.05) is 24.9 Å². The lowest BCUT2D eigenvalue weighted by atomic mass is 9.70. The Kier molecular flexibility index (Phi) is 5.17. The van der Waals surface area contributed by atoms with Crippen LogP contribution in [-0.4, -0.2) is 49.9 Å². The second-order valence-electron chi connectivity index (χ2n) is 10.5. The fourth-order valence-electron chi connectivity index (χ4n) is 6.35. The van der Waals surface area contributed by atoms with E-state index in [0.717, 1.165) is 25.7 Å². The number of carbonyl (C=O) groups excluding carboxylic acids is 2. The van der Waals surface area contributed by atoms with Crippen molar-refractivity contribution in [2.75, 3.05) is 25.4 Å². The number of esters is 1. The Bertz CT molecular complexity index is 792. The van der Waals surface area contributed by atoms with E-state index in [1.54, 1.807) is 4.31 Å². The number of sulfonamides is 1. The Morgan fingerprint density at radius 2 is 1.79 bits per heavy atom. The van der Waals surface area contributed by atoms with Crippen molar-refractivity contribution >= 4 is 21.8 Å². The topological polar surface area (TPSA) is 80.8 Å². The lowest BCUT2D eigenvalue weighted by Gasteiger charge is -2.42. The predicted molar refractivity (Wildman–Crippen MR) is 110 cm³/mol. The van der Waals surface area contributed by atoms with Crippen molar-refractivity contribution in [1.82, 2.24) is 4.31 Å². The van der Waals surface area contributed by atoms with Gasteiger partial charge in [0.05, 0.1) is 17.8 Å². The van der Waals surface area contributed by atoms with E-state index in [1.807, 2.05) is 6.92 Å². The number of nitrogens with zero attached hydrogens (tertiary/aromatic N) is 1. The molecule has 0 aromatic heterocycles. The van der Waals surface area contributed by atoms with Gasteiger partial charge in [-0.15, -0.1) is 0 Å². The summed E-state index contributed by atoms with van der Waals surface area (Å²) in [6.45, 7) is 7.01. The molecule has 7 heteroatoms. The van der Waals surface area contributed by atoms with Crippen LogP contribution < -0.4 is 0 Å². The number of fused-ring (bicyclic) bond motifs is 2. The number of ether oxygens (including phenoxy) is 1. The SMILES string of the molecule is CCOC(=O)C1(CC2CC2)CCN(S(=O)(=O)C[C@]23CC[C@@H](CC2=O)C3(C)C)CC1. The Labute approximate surface area is 174 Å². The lowest BCUT2D eigenvalue weighted by Crippen LogP contribution is -2.51. The van der Waals surface area contributed by atoms with Crippen LogP contribution >= 0.6 is 0 Å². The van der Waals surface area contributed by atoms with Crippen molar-refractivity contribution in [1.29, 1.82) is 0 Å². The molecule has 0 aromatic carbocycles. The first-order valence-electron chi connectivity index (χ1n) is 11.2. The molecule has 6 nitrogen and oxygen atoms in total. The average Bonchev–Trinajstić information content (AvgIpc) is 3.40. The summed E-state index contributed by atoms with van der Waals surface area (Å²) in [5.74, 6) is 0.787. The fourth-order valence-corrected chi connectivity index (χ4v) is 8.58. The van der Waals surface area contributed by atoms with E-state index in [0.29, 0.717) is 57.2 Å². The first-order valence-corrected chi connectivity index (χ1v) is 12.9. The van der Waals surface area contributed by atoms with Gasteiger partial charge in [0.1, 0.15) is 5.78 Å². The quantitative estimate of drug-likeness (QED) is 0.585. The van der Waals surface area contributed by atoms with E-state index in [-0.39, 0.29) is 22.9 Å². The van der Waals surface area contributed by atoms with E-state index in [1.165, 1.54) is 0 Å². The van der Waals surface area contributed by atoms with E-state index < -0.39 is 20.9 Å². The third kappa shape index (κ3) is 3.36. The molecule has 2 bridgehead atoms.